The lowest BCUT2D eigenvalue weighted by molar-refractivity contribution is 0.402. The van der Waals surface area contributed by atoms with Gasteiger partial charge in [-0.25, -0.2) is 4.39 Å². The molecule has 1 atom stereocenters. The summed E-state index contributed by atoms with van der Waals surface area (Å²) in [6, 6.07) is 3.27. The maximum absolute atomic E-state index is 13.6. The maximum Gasteiger partial charge on any atom is 0.131 e. The number of benzene rings is 1. The van der Waals surface area contributed by atoms with Crippen LogP contribution in [0.4, 0.5) is 4.39 Å². The Bertz CT molecular complexity index is 342. The zero-order valence-electron chi connectivity index (χ0n) is 8.89. The molecule has 0 fully saturated rings. The van der Waals surface area contributed by atoms with Crippen LogP contribution in [-0.4, -0.2) is 13.2 Å². The second kappa shape index (κ2) is 5.47. The van der Waals surface area contributed by atoms with E-state index in [0.29, 0.717) is 22.2 Å². The fourth-order valence-electron chi connectivity index (χ4n) is 1.38. The van der Waals surface area contributed by atoms with Crippen LogP contribution in [0.1, 0.15) is 18.9 Å². The van der Waals surface area contributed by atoms with Gasteiger partial charge in [-0.3, -0.25) is 0 Å². The molecule has 0 heterocycles. The minimum Gasteiger partial charge on any atom is -0.496 e. The van der Waals surface area contributed by atoms with Crippen LogP contribution in [-0.2, 0) is 6.42 Å². The van der Waals surface area contributed by atoms with Crippen molar-refractivity contribution < 1.29 is 9.13 Å². The highest BCUT2D eigenvalue weighted by Gasteiger charge is 2.11. The lowest BCUT2D eigenvalue weighted by Gasteiger charge is -2.11. The molecule has 0 aromatic heterocycles. The predicted octanol–water partition coefficient (Wildman–Crippen LogP) is 2.88. The van der Waals surface area contributed by atoms with Gasteiger partial charge in [0.1, 0.15) is 11.6 Å². The second-order valence-corrected chi connectivity index (χ2v) is 4.50. The quantitative estimate of drug-likeness (QED) is 0.917. The van der Waals surface area contributed by atoms with Crippen LogP contribution in [0, 0.1) is 5.82 Å². The Hall–Kier alpha value is -0.610. The topological polar surface area (TPSA) is 35.2 Å². The van der Waals surface area contributed by atoms with Crippen molar-refractivity contribution in [3.05, 3.63) is 28.0 Å². The van der Waals surface area contributed by atoms with Crippen molar-refractivity contribution in [2.75, 3.05) is 7.11 Å². The lowest BCUT2D eigenvalue weighted by atomic mass is 10.1. The largest absolute Gasteiger partial charge is 0.496 e. The number of hydrogen-bond acceptors (Lipinski definition) is 2. The van der Waals surface area contributed by atoms with E-state index >= 15 is 0 Å². The smallest absolute Gasteiger partial charge is 0.131 e. The number of rotatable bonds is 4. The minimum atomic E-state index is -0.248. The summed E-state index contributed by atoms with van der Waals surface area (Å²) in [7, 11) is 1.54. The van der Waals surface area contributed by atoms with Crippen LogP contribution in [0.2, 0.25) is 0 Å². The molecule has 2 nitrogen and oxygen atoms in total. The molecule has 0 unspecified atom stereocenters. The molecule has 84 valence electrons. The van der Waals surface area contributed by atoms with Gasteiger partial charge in [-0.05, 0) is 31.9 Å². The number of methoxy groups -OCH3 is 1. The van der Waals surface area contributed by atoms with Gasteiger partial charge in [-0.2, -0.15) is 0 Å². The highest BCUT2D eigenvalue weighted by atomic mass is 79.9. The van der Waals surface area contributed by atoms with Crippen LogP contribution >= 0.6 is 15.9 Å². The van der Waals surface area contributed by atoms with Crippen LogP contribution in [0.15, 0.2) is 16.6 Å². The molecule has 0 spiro atoms. The Morgan fingerprint density at radius 3 is 2.73 bits per heavy atom. The molecule has 0 aliphatic carbocycles. The second-order valence-electron chi connectivity index (χ2n) is 3.58. The van der Waals surface area contributed by atoms with Gasteiger partial charge in [-0.15, -0.1) is 0 Å². The van der Waals surface area contributed by atoms with Crippen molar-refractivity contribution in [1.82, 2.24) is 0 Å². The monoisotopic (exact) mass is 275 g/mol. The summed E-state index contributed by atoms with van der Waals surface area (Å²) in [4.78, 5) is 0. The van der Waals surface area contributed by atoms with Crippen molar-refractivity contribution in [2.24, 2.45) is 5.73 Å². The van der Waals surface area contributed by atoms with Crippen molar-refractivity contribution in [2.45, 2.75) is 25.8 Å². The molecule has 0 aliphatic heterocycles. The molecule has 0 aliphatic rings. The first-order valence-electron chi connectivity index (χ1n) is 4.82. The Balaban J connectivity index is 2.93. The van der Waals surface area contributed by atoms with E-state index in [1.54, 1.807) is 6.07 Å². The van der Waals surface area contributed by atoms with E-state index in [1.807, 2.05) is 6.92 Å². The molecule has 1 aromatic rings. The van der Waals surface area contributed by atoms with Crippen molar-refractivity contribution in [3.63, 3.8) is 0 Å². The molecule has 0 radical (unpaired) electrons. The highest BCUT2D eigenvalue weighted by molar-refractivity contribution is 9.10. The average Bonchev–Trinajstić information content (AvgIpc) is 2.14. The molecule has 0 saturated carbocycles. The summed E-state index contributed by atoms with van der Waals surface area (Å²) in [5, 5.41) is 0. The van der Waals surface area contributed by atoms with Gasteiger partial charge in [0.25, 0.3) is 0 Å². The SMILES string of the molecule is COc1cc(Br)cc(F)c1CC[C@@H](C)N. The van der Waals surface area contributed by atoms with Crippen LogP contribution in [0.25, 0.3) is 0 Å². The maximum atomic E-state index is 13.6. The summed E-state index contributed by atoms with van der Waals surface area (Å²) in [6.45, 7) is 1.91. The zero-order valence-corrected chi connectivity index (χ0v) is 10.5. The van der Waals surface area contributed by atoms with Crippen LogP contribution < -0.4 is 10.5 Å². The third-order valence-corrected chi connectivity index (χ3v) is 2.65. The minimum absolute atomic E-state index is 0.0674. The van der Waals surface area contributed by atoms with E-state index in [0.717, 1.165) is 6.42 Å². The van der Waals surface area contributed by atoms with Gasteiger partial charge in [-0.1, -0.05) is 15.9 Å². The Kier molecular flexibility index (Phi) is 4.54. The summed E-state index contributed by atoms with van der Waals surface area (Å²) < 4.78 is 19.4. The van der Waals surface area contributed by atoms with E-state index < -0.39 is 0 Å². The molecule has 1 rings (SSSR count). The fourth-order valence-corrected chi connectivity index (χ4v) is 1.79. The Labute approximate surface area is 97.7 Å². The molecule has 0 bridgehead atoms. The van der Waals surface area contributed by atoms with Gasteiger partial charge < -0.3 is 10.5 Å². The zero-order chi connectivity index (χ0) is 11.4. The summed E-state index contributed by atoms with van der Waals surface area (Å²) >= 11 is 3.22. The number of nitrogens with two attached hydrogens (primary N) is 1. The molecule has 15 heavy (non-hydrogen) atoms. The molecular weight excluding hydrogens is 261 g/mol. The van der Waals surface area contributed by atoms with Gasteiger partial charge in [0.15, 0.2) is 0 Å². The molecule has 4 heteroatoms. The summed E-state index contributed by atoms with van der Waals surface area (Å²) in [6.07, 6.45) is 1.34. The standard InChI is InChI=1S/C11H15BrFNO/c1-7(14)3-4-9-10(13)5-8(12)6-11(9)15-2/h5-7H,3-4,14H2,1-2H3/t7-/m1/s1. The lowest BCUT2D eigenvalue weighted by Crippen LogP contribution is -2.16. The van der Waals surface area contributed by atoms with E-state index in [-0.39, 0.29) is 11.9 Å². The predicted molar refractivity (Wildman–Crippen MR) is 62.6 cm³/mol. The van der Waals surface area contributed by atoms with Crippen molar-refractivity contribution >= 4 is 15.9 Å². The first-order valence-corrected chi connectivity index (χ1v) is 5.61. The average molecular weight is 276 g/mol. The molecular formula is C11H15BrFNO. The summed E-state index contributed by atoms with van der Waals surface area (Å²) in [5.74, 6) is 0.324. The Morgan fingerprint density at radius 2 is 2.20 bits per heavy atom. The molecule has 0 amide bonds. The van der Waals surface area contributed by atoms with Gasteiger partial charge in [0, 0.05) is 16.1 Å². The van der Waals surface area contributed by atoms with Crippen LogP contribution in [0.5, 0.6) is 5.75 Å². The van der Waals surface area contributed by atoms with Gasteiger partial charge in [0.2, 0.25) is 0 Å². The molecule has 2 N–H and O–H groups in total. The third kappa shape index (κ3) is 3.47. The van der Waals surface area contributed by atoms with E-state index in [2.05, 4.69) is 15.9 Å². The van der Waals surface area contributed by atoms with Crippen LogP contribution in [0.3, 0.4) is 0 Å². The number of ether oxygens (including phenoxy) is 1. The normalized spacial score (nSPS) is 12.6. The van der Waals surface area contributed by atoms with Gasteiger partial charge in [0.05, 0.1) is 7.11 Å². The van der Waals surface area contributed by atoms with E-state index in [4.69, 9.17) is 10.5 Å². The third-order valence-electron chi connectivity index (χ3n) is 2.19. The van der Waals surface area contributed by atoms with E-state index in [1.165, 1.54) is 13.2 Å². The highest BCUT2D eigenvalue weighted by Crippen LogP contribution is 2.27. The Morgan fingerprint density at radius 1 is 1.53 bits per heavy atom. The van der Waals surface area contributed by atoms with Crippen molar-refractivity contribution in [1.29, 1.82) is 0 Å². The fraction of sp³-hybridized carbons (Fsp3) is 0.455. The van der Waals surface area contributed by atoms with E-state index in [9.17, 15) is 4.39 Å². The van der Waals surface area contributed by atoms with Crippen molar-refractivity contribution in [3.8, 4) is 5.75 Å². The van der Waals surface area contributed by atoms with Gasteiger partial charge >= 0.3 is 0 Å². The molecule has 0 saturated heterocycles. The molecule has 1 aromatic carbocycles. The number of hydrogen-bond donors (Lipinski definition) is 1. The summed E-state index contributed by atoms with van der Waals surface area (Å²) in [5.41, 5.74) is 6.23. The number of halogens is 2. The first kappa shape index (κ1) is 12.5. The first-order chi connectivity index (χ1) is 7.04.